The molecule has 3 fully saturated rings. The van der Waals surface area contributed by atoms with Crippen LogP contribution in [-0.2, 0) is 14.4 Å². The highest BCUT2D eigenvalue weighted by Gasteiger charge is 2.51. The summed E-state index contributed by atoms with van der Waals surface area (Å²) in [6, 6.07) is 8.02. The molecule has 218 valence electrons. The second-order valence-electron chi connectivity index (χ2n) is 12.8. The minimum absolute atomic E-state index is 0.0200. The molecule has 0 spiro atoms. The molecule has 0 unspecified atom stereocenters. The van der Waals surface area contributed by atoms with E-state index in [9.17, 15) is 24.4 Å². The molecule has 0 radical (unpaired) electrons. The SMILES string of the molecule is C#C[C@]1(C(=O)Nc2ccccc2)C[C@@H](C#N)N(C(=O)[C@H](CC(C)(C)C)NC(=O)[C@H](CC2CC2)NC(=O)NC2CC2)C1. The zero-order chi connectivity index (χ0) is 29.8. The van der Waals surface area contributed by atoms with Crippen LogP contribution < -0.4 is 21.3 Å². The fourth-order valence-electron chi connectivity index (χ4n) is 5.18. The van der Waals surface area contributed by atoms with Crippen molar-refractivity contribution in [3.8, 4) is 18.4 Å². The summed E-state index contributed by atoms with van der Waals surface area (Å²) >= 11 is 0. The van der Waals surface area contributed by atoms with Crippen LogP contribution in [0, 0.1) is 40.4 Å². The maximum Gasteiger partial charge on any atom is 0.315 e. The number of hydrogen-bond acceptors (Lipinski definition) is 5. The quantitative estimate of drug-likeness (QED) is 0.326. The molecule has 4 atom stereocenters. The number of terminal acetylenes is 1. The highest BCUT2D eigenvalue weighted by Crippen LogP contribution is 2.37. The van der Waals surface area contributed by atoms with Gasteiger partial charge in [-0.15, -0.1) is 6.42 Å². The van der Waals surface area contributed by atoms with Gasteiger partial charge in [0.15, 0.2) is 0 Å². The second-order valence-corrected chi connectivity index (χ2v) is 12.8. The maximum atomic E-state index is 14.0. The Morgan fingerprint density at radius 2 is 1.76 bits per heavy atom. The topological polar surface area (TPSA) is 143 Å². The molecule has 1 aromatic carbocycles. The van der Waals surface area contributed by atoms with E-state index in [1.54, 1.807) is 24.3 Å². The van der Waals surface area contributed by atoms with Crippen molar-refractivity contribution in [1.82, 2.24) is 20.9 Å². The average molecular weight is 561 g/mol. The molecule has 0 bridgehead atoms. The molecular formula is C31H40N6O4. The van der Waals surface area contributed by atoms with Crippen molar-refractivity contribution in [1.29, 1.82) is 5.26 Å². The third kappa shape index (κ3) is 8.00. The van der Waals surface area contributed by atoms with Gasteiger partial charge in [-0.2, -0.15) is 5.26 Å². The molecule has 10 nitrogen and oxygen atoms in total. The number of urea groups is 1. The number of carbonyl (C=O) groups excluding carboxylic acids is 4. The van der Waals surface area contributed by atoms with Crippen LogP contribution in [0.25, 0.3) is 0 Å². The smallest absolute Gasteiger partial charge is 0.315 e. The summed E-state index contributed by atoms with van der Waals surface area (Å²) in [5.74, 6) is 1.54. The van der Waals surface area contributed by atoms with Crippen LogP contribution in [0.15, 0.2) is 30.3 Å². The zero-order valence-corrected chi connectivity index (χ0v) is 24.0. The fraction of sp³-hybridized carbons (Fsp3) is 0.581. The van der Waals surface area contributed by atoms with Crippen LogP contribution in [-0.4, -0.2) is 59.4 Å². The largest absolute Gasteiger partial charge is 0.342 e. The van der Waals surface area contributed by atoms with E-state index in [0.717, 1.165) is 25.7 Å². The molecule has 10 heteroatoms. The van der Waals surface area contributed by atoms with E-state index < -0.39 is 41.3 Å². The number of benzene rings is 1. The minimum atomic E-state index is -1.40. The normalized spacial score (nSPS) is 23.3. The number of nitrogens with one attached hydrogen (secondary N) is 4. The van der Waals surface area contributed by atoms with Crippen LogP contribution in [0.2, 0.25) is 0 Å². The number of rotatable bonds is 10. The number of nitrogens with zero attached hydrogens (tertiary/aromatic N) is 2. The number of amides is 5. The molecule has 1 saturated heterocycles. The van der Waals surface area contributed by atoms with E-state index in [2.05, 4.69) is 33.3 Å². The third-order valence-corrected chi connectivity index (χ3v) is 7.76. The second kappa shape index (κ2) is 12.2. The van der Waals surface area contributed by atoms with Crippen molar-refractivity contribution < 1.29 is 19.2 Å². The van der Waals surface area contributed by atoms with Gasteiger partial charge in [0.1, 0.15) is 23.5 Å². The lowest BCUT2D eigenvalue weighted by Crippen LogP contribution is -2.57. The van der Waals surface area contributed by atoms with Crippen LogP contribution in [0.4, 0.5) is 10.5 Å². The number of para-hydroxylation sites is 1. The van der Waals surface area contributed by atoms with Crippen molar-refractivity contribution in [2.24, 2.45) is 16.7 Å². The van der Waals surface area contributed by atoms with Crippen molar-refractivity contribution in [3.63, 3.8) is 0 Å². The molecule has 1 aliphatic heterocycles. The number of nitriles is 1. The summed E-state index contributed by atoms with van der Waals surface area (Å²) < 4.78 is 0. The lowest BCUT2D eigenvalue weighted by molar-refractivity contribution is -0.138. The van der Waals surface area contributed by atoms with E-state index in [0.29, 0.717) is 18.0 Å². The van der Waals surface area contributed by atoms with Crippen molar-refractivity contribution >= 4 is 29.4 Å². The van der Waals surface area contributed by atoms with Crippen LogP contribution in [0.5, 0.6) is 0 Å². The molecule has 0 aromatic heterocycles. The van der Waals surface area contributed by atoms with Crippen LogP contribution in [0.1, 0.15) is 65.7 Å². The maximum absolute atomic E-state index is 14.0. The molecule has 2 saturated carbocycles. The van der Waals surface area contributed by atoms with Gasteiger partial charge in [0, 0.05) is 24.7 Å². The summed E-state index contributed by atoms with van der Waals surface area (Å²) in [4.78, 5) is 54.7. The van der Waals surface area contributed by atoms with Crippen molar-refractivity contribution in [2.45, 2.75) is 89.9 Å². The minimum Gasteiger partial charge on any atom is -0.342 e. The first kappa shape index (κ1) is 29.9. The van der Waals surface area contributed by atoms with Crippen molar-refractivity contribution in [3.05, 3.63) is 30.3 Å². The first-order valence-corrected chi connectivity index (χ1v) is 14.3. The summed E-state index contributed by atoms with van der Waals surface area (Å²) in [5, 5.41) is 21.3. The first-order chi connectivity index (χ1) is 19.4. The molecule has 1 aromatic rings. The van der Waals surface area contributed by atoms with Gasteiger partial charge in [0.25, 0.3) is 0 Å². The average Bonchev–Trinajstić information content (AvgIpc) is 3.86. The Morgan fingerprint density at radius 1 is 1.07 bits per heavy atom. The van der Waals surface area contributed by atoms with E-state index in [1.165, 1.54) is 4.90 Å². The molecule has 2 aliphatic carbocycles. The van der Waals surface area contributed by atoms with E-state index in [4.69, 9.17) is 6.42 Å². The number of carbonyl (C=O) groups is 4. The third-order valence-electron chi connectivity index (χ3n) is 7.76. The Kier molecular flexibility index (Phi) is 8.92. The molecule has 5 amide bonds. The molecule has 4 N–H and O–H groups in total. The van der Waals surface area contributed by atoms with E-state index in [-0.39, 0.29) is 36.9 Å². The highest BCUT2D eigenvalue weighted by molar-refractivity contribution is 5.99. The first-order valence-electron chi connectivity index (χ1n) is 14.3. The van der Waals surface area contributed by atoms with Gasteiger partial charge in [0.05, 0.1) is 6.07 Å². The Balaban J connectivity index is 1.51. The number of anilines is 1. The summed E-state index contributed by atoms with van der Waals surface area (Å²) in [5.41, 5.74) is -1.20. The Hall–Kier alpha value is -4.05. The van der Waals surface area contributed by atoms with Gasteiger partial charge in [0.2, 0.25) is 17.7 Å². The van der Waals surface area contributed by atoms with Gasteiger partial charge < -0.3 is 26.2 Å². The monoisotopic (exact) mass is 560 g/mol. The van der Waals surface area contributed by atoms with Gasteiger partial charge in [-0.25, -0.2) is 4.79 Å². The van der Waals surface area contributed by atoms with Gasteiger partial charge in [-0.3, -0.25) is 14.4 Å². The standard InChI is InChI=1S/C31H40N6O4/c1-5-31(28(40)33-21-9-7-6-8-10-21)16-23(18-32)37(19-31)27(39)25(17-30(2,3)4)35-26(38)24(15-20-11-12-20)36-29(41)34-22-13-14-22/h1,6-10,20,22-25H,11-17,19H2,2-4H3,(H,33,40)(H,35,38)(H2,34,36,41)/t23-,24-,25-,31-/m0/s1. The summed E-state index contributed by atoms with van der Waals surface area (Å²) in [6.07, 6.45) is 10.5. The Bertz CT molecular complexity index is 1240. The lowest BCUT2D eigenvalue weighted by Gasteiger charge is -2.32. The molecule has 4 rings (SSSR count). The van der Waals surface area contributed by atoms with Gasteiger partial charge in [-0.1, -0.05) is 57.7 Å². The Labute approximate surface area is 242 Å². The van der Waals surface area contributed by atoms with E-state index in [1.807, 2.05) is 26.8 Å². The molecule has 41 heavy (non-hydrogen) atoms. The fourth-order valence-corrected chi connectivity index (χ4v) is 5.18. The van der Waals surface area contributed by atoms with Gasteiger partial charge in [-0.05, 0) is 49.1 Å². The molecule has 1 heterocycles. The predicted octanol–water partition coefficient (Wildman–Crippen LogP) is 2.92. The number of hydrogen-bond donors (Lipinski definition) is 4. The van der Waals surface area contributed by atoms with Crippen LogP contribution in [0.3, 0.4) is 0 Å². The molecule has 3 aliphatic rings. The summed E-state index contributed by atoms with van der Waals surface area (Å²) in [7, 11) is 0. The molecular weight excluding hydrogens is 520 g/mol. The predicted molar refractivity (Wildman–Crippen MR) is 154 cm³/mol. The van der Waals surface area contributed by atoms with Gasteiger partial charge >= 0.3 is 6.03 Å². The Morgan fingerprint density at radius 3 is 2.32 bits per heavy atom. The van der Waals surface area contributed by atoms with E-state index >= 15 is 0 Å². The lowest BCUT2D eigenvalue weighted by atomic mass is 9.85. The van der Waals surface area contributed by atoms with Crippen molar-refractivity contribution in [2.75, 3.05) is 11.9 Å². The summed E-state index contributed by atoms with van der Waals surface area (Å²) in [6.45, 7) is 5.71. The zero-order valence-electron chi connectivity index (χ0n) is 24.0. The van der Waals surface area contributed by atoms with Crippen LogP contribution >= 0.6 is 0 Å². The highest BCUT2D eigenvalue weighted by atomic mass is 16.2. The number of likely N-dealkylation sites (tertiary alicyclic amines) is 1.